The molecule has 114 valence electrons. The average Bonchev–Trinajstić information content (AvgIpc) is 2.90. The molecule has 0 fully saturated rings. The van der Waals surface area contributed by atoms with Crippen molar-refractivity contribution in [3.63, 3.8) is 0 Å². The highest BCUT2D eigenvalue weighted by molar-refractivity contribution is 9.10. The second kappa shape index (κ2) is 7.72. The molecule has 0 bridgehead atoms. The van der Waals surface area contributed by atoms with Gasteiger partial charge in [0.15, 0.2) is 0 Å². The summed E-state index contributed by atoms with van der Waals surface area (Å²) in [6, 6.07) is 6.99. The van der Waals surface area contributed by atoms with Crippen molar-refractivity contribution in [3.8, 4) is 0 Å². The van der Waals surface area contributed by atoms with Crippen LogP contribution < -0.4 is 5.32 Å². The van der Waals surface area contributed by atoms with E-state index in [0.717, 1.165) is 0 Å². The van der Waals surface area contributed by atoms with Gasteiger partial charge < -0.3 is 9.73 Å². The second-order valence-corrected chi connectivity index (χ2v) is 6.60. The minimum atomic E-state index is -2.40. The van der Waals surface area contributed by atoms with Gasteiger partial charge in [0.1, 0.15) is 11.5 Å². The minimum Gasteiger partial charge on any atom is -0.463 e. The van der Waals surface area contributed by atoms with Crippen LogP contribution in [0.1, 0.15) is 11.5 Å². The molecule has 0 aliphatic heterocycles. The summed E-state index contributed by atoms with van der Waals surface area (Å²) in [6.45, 7) is 0.386. The SMILES string of the molecule is FC(F)SCc1ccc(CNc2ccc(Br)c(Cl)c2Cl)o1. The smallest absolute Gasteiger partial charge is 0.284 e. The zero-order valence-corrected chi connectivity index (χ0v) is 14.4. The van der Waals surface area contributed by atoms with Crippen molar-refractivity contribution in [2.45, 2.75) is 18.1 Å². The van der Waals surface area contributed by atoms with Gasteiger partial charge in [-0.05, 0) is 40.2 Å². The third-order valence-electron chi connectivity index (χ3n) is 2.56. The monoisotopic (exact) mass is 415 g/mol. The van der Waals surface area contributed by atoms with Crippen LogP contribution in [0.25, 0.3) is 0 Å². The fourth-order valence-corrected chi connectivity index (χ4v) is 2.87. The summed E-state index contributed by atoms with van der Waals surface area (Å²) >= 11 is 15.9. The predicted octanol–water partition coefficient (Wildman–Crippen LogP) is 6.42. The van der Waals surface area contributed by atoms with Crippen molar-refractivity contribution < 1.29 is 13.2 Å². The Labute approximate surface area is 143 Å². The van der Waals surface area contributed by atoms with Gasteiger partial charge in [0.05, 0.1) is 28.0 Å². The fraction of sp³-hybridized carbons (Fsp3) is 0.231. The molecule has 21 heavy (non-hydrogen) atoms. The Balaban J connectivity index is 1.96. The maximum absolute atomic E-state index is 12.1. The van der Waals surface area contributed by atoms with Gasteiger partial charge in [0.25, 0.3) is 5.76 Å². The molecule has 1 aromatic carbocycles. The summed E-state index contributed by atoms with van der Waals surface area (Å²) in [5, 5.41) is 3.92. The van der Waals surface area contributed by atoms with E-state index in [0.29, 0.717) is 50.0 Å². The van der Waals surface area contributed by atoms with Gasteiger partial charge >= 0.3 is 0 Å². The number of thioether (sulfide) groups is 1. The first kappa shape index (κ1) is 16.9. The van der Waals surface area contributed by atoms with Gasteiger partial charge in [0, 0.05) is 4.47 Å². The Kier molecular flexibility index (Phi) is 6.22. The van der Waals surface area contributed by atoms with E-state index >= 15 is 0 Å². The van der Waals surface area contributed by atoms with Crippen molar-refractivity contribution in [1.29, 1.82) is 0 Å². The molecule has 1 N–H and O–H groups in total. The van der Waals surface area contributed by atoms with E-state index in [9.17, 15) is 8.78 Å². The van der Waals surface area contributed by atoms with E-state index < -0.39 is 5.76 Å². The third kappa shape index (κ3) is 4.77. The molecule has 0 spiro atoms. The molecule has 0 radical (unpaired) electrons. The maximum atomic E-state index is 12.1. The molecular weight excluding hydrogens is 407 g/mol. The van der Waals surface area contributed by atoms with E-state index in [-0.39, 0.29) is 5.75 Å². The molecule has 0 unspecified atom stereocenters. The molecule has 0 saturated heterocycles. The highest BCUT2D eigenvalue weighted by atomic mass is 79.9. The lowest BCUT2D eigenvalue weighted by Gasteiger charge is -2.09. The standard InChI is InChI=1S/C13H10BrCl2F2NOS/c14-9-3-4-10(12(16)11(9)15)19-5-7-1-2-8(20-7)6-21-13(17)18/h1-4,13,19H,5-6H2. The van der Waals surface area contributed by atoms with E-state index in [2.05, 4.69) is 21.2 Å². The summed E-state index contributed by atoms with van der Waals surface area (Å²) in [7, 11) is 0. The van der Waals surface area contributed by atoms with Crippen LogP contribution in [0, 0.1) is 0 Å². The topological polar surface area (TPSA) is 25.2 Å². The van der Waals surface area contributed by atoms with Crippen LogP contribution in [0.2, 0.25) is 10.0 Å². The third-order valence-corrected chi connectivity index (χ3v) is 5.03. The molecule has 0 atom stereocenters. The first-order valence-electron chi connectivity index (χ1n) is 5.82. The van der Waals surface area contributed by atoms with Crippen LogP contribution in [0.5, 0.6) is 0 Å². The van der Waals surface area contributed by atoms with Crippen molar-refractivity contribution in [1.82, 2.24) is 0 Å². The molecule has 2 nitrogen and oxygen atoms in total. The van der Waals surface area contributed by atoms with Crippen molar-refractivity contribution >= 4 is 56.6 Å². The van der Waals surface area contributed by atoms with Crippen molar-refractivity contribution in [2.24, 2.45) is 0 Å². The summed E-state index contributed by atoms with van der Waals surface area (Å²) in [6.07, 6.45) is 0. The first-order valence-corrected chi connectivity index (χ1v) is 8.42. The number of hydrogen-bond acceptors (Lipinski definition) is 3. The average molecular weight is 417 g/mol. The van der Waals surface area contributed by atoms with Gasteiger partial charge in [-0.15, -0.1) is 0 Å². The normalized spacial score (nSPS) is 11.1. The van der Waals surface area contributed by atoms with Gasteiger partial charge in [-0.3, -0.25) is 0 Å². The van der Waals surface area contributed by atoms with Gasteiger partial charge in [0.2, 0.25) is 0 Å². The van der Waals surface area contributed by atoms with Crippen LogP contribution in [-0.4, -0.2) is 5.76 Å². The quantitative estimate of drug-likeness (QED) is 0.550. The number of furan rings is 1. The zero-order chi connectivity index (χ0) is 15.4. The second-order valence-electron chi connectivity index (χ2n) is 4.02. The number of benzene rings is 1. The van der Waals surface area contributed by atoms with E-state index in [4.69, 9.17) is 27.6 Å². The van der Waals surface area contributed by atoms with E-state index in [1.54, 1.807) is 24.3 Å². The zero-order valence-electron chi connectivity index (χ0n) is 10.5. The number of alkyl halides is 2. The molecule has 2 rings (SSSR count). The highest BCUT2D eigenvalue weighted by Crippen LogP contribution is 2.36. The van der Waals surface area contributed by atoms with Crippen LogP contribution in [0.15, 0.2) is 33.2 Å². The summed E-state index contributed by atoms with van der Waals surface area (Å²) in [4.78, 5) is 0. The Bertz CT molecular complexity index is 624. The number of nitrogens with one attached hydrogen (secondary N) is 1. The van der Waals surface area contributed by atoms with Crippen LogP contribution >= 0.6 is 50.9 Å². The lowest BCUT2D eigenvalue weighted by molar-refractivity contribution is 0.251. The molecule has 0 aliphatic carbocycles. The molecule has 1 heterocycles. The van der Waals surface area contributed by atoms with Gasteiger partial charge in [-0.2, -0.15) is 8.78 Å². The highest BCUT2D eigenvalue weighted by Gasteiger charge is 2.10. The number of hydrogen-bond donors (Lipinski definition) is 1. The molecule has 1 aromatic heterocycles. The fourth-order valence-electron chi connectivity index (χ4n) is 1.58. The van der Waals surface area contributed by atoms with Crippen molar-refractivity contribution in [2.75, 3.05) is 5.32 Å². The number of anilines is 1. The predicted molar refractivity (Wildman–Crippen MR) is 87.5 cm³/mol. The summed E-state index contributed by atoms with van der Waals surface area (Å²) < 4.78 is 30.3. The molecule has 0 amide bonds. The Morgan fingerprint density at radius 3 is 2.57 bits per heavy atom. The molecule has 0 aliphatic rings. The molecular formula is C13H10BrCl2F2NOS. The van der Waals surface area contributed by atoms with Crippen LogP contribution in [0.4, 0.5) is 14.5 Å². The van der Waals surface area contributed by atoms with Crippen LogP contribution in [0.3, 0.4) is 0 Å². The van der Waals surface area contributed by atoms with E-state index in [1.807, 2.05) is 0 Å². The summed E-state index contributed by atoms with van der Waals surface area (Å²) in [5.74, 6) is -1.12. The van der Waals surface area contributed by atoms with Crippen molar-refractivity contribution in [3.05, 3.63) is 50.3 Å². The molecule has 8 heteroatoms. The first-order chi connectivity index (χ1) is 9.97. The molecule has 2 aromatic rings. The van der Waals surface area contributed by atoms with Crippen LogP contribution in [-0.2, 0) is 12.3 Å². The Morgan fingerprint density at radius 1 is 1.14 bits per heavy atom. The lowest BCUT2D eigenvalue weighted by Crippen LogP contribution is -1.99. The molecule has 0 saturated carbocycles. The largest absolute Gasteiger partial charge is 0.463 e. The van der Waals surface area contributed by atoms with E-state index in [1.165, 1.54) is 0 Å². The van der Waals surface area contributed by atoms with Gasteiger partial charge in [-0.25, -0.2) is 0 Å². The van der Waals surface area contributed by atoms with Gasteiger partial charge in [-0.1, -0.05) is 35.0 Å². The lowest BCUT2D eigenvalue weighted by atomic mass is 10.3. The number of rotatable bonds is 6. The minimum absolute atomic E-state index is 0.141. The number of halogens is 5. The Hall–Kier alpha value is -0.430. The summed E-state index contributed by atoms with van der Waals surface area (Å²) in [5.41, 5.74) is 0.671. The Morgan fingerprint density at radius 2 is 1.86 bits per heavy atom. The maximum Gasteiger partial charge on any atom is 0.284 e.